The molecule has 1 saturated carbocycles. The monoisotopic (exact) mass is 477 g/mol. The number of aromatic nitrogens is 5. The molecule has 4 heterocycles. The number of nitrogens with zero attached hydrogens (tertiary/aromatic N) is 4. The molecule has 166 valence electrons. The summed E-state index contributed by atoms with van der Waals surface area (Å²) in [6.07, 6.45) is 8.98. The number of thiophene rings is 1. The van der Waals surface area contributed by atoms with Crippen molar-refractivity contribution in [3.05, 3.63) is 46.3 Å². The summed E-state index contributed by atoms with van der Waals surface area (Å²) in [4.78, 5) is 17.4. The Morgan fingerprint density at radius 3 is 2.91 bits per heavy atom. The maximum absolute atomic E-state index is 14.3. The molecule has 0 bridgehead atoms. The molecule has 8 nitrogen and oxygen atoms in total. The normalized spacial score (nSPS) is 20.5. The van der Waals surface area contributed by atoms with E-state index in [2.05, 4.69) is 25.6 Å². The lowest BCUT2D eigenvalue weighted by molar-refractivity contribution is -0.0674. The van der Waals surface area contributed by atoms with Crippen LogP contribution >= 0.6 is 22.9 Å². The molecule has 12 heteroatoms. The Morgan fingerprint density at radius 2 is 2.16 bits per heavy atom. The molecule has 4 N–H and O–H groups in total. The van der Waals surface area contributed by atoms with Crippen molar-refractivity contribution in [3.8, 4) is 22.3 Å². The molecule has 32 heavy (non-hydrogen) atoms. The Morgan fingerprint density at radius 1 is 1.31 bits per heavy atom. The molecule has 1 fully saturated rings. The van der Waals surface area contributed by atoms with Crippen LogP contribution in [0.4, 0.5) is 8.78 Å². The highest BCUT2D eigenvalue weighted by molar-refractivity contribution is 7.18. The van der Waals surface area contributed by atoms with Gasteiger partial charge in [0, 0.05) is 53.3 Å². The second kappa shape index (κ2) is 7.91. The van der Waals surface area contributed by atoms with Gasteiger partial charge in [0.1, 0.15) is 10.4 Å². The highest BCUT2D eigenvalue weighted by atomic mass is 35.5. The van der Waals surface area contributed by atoms with Crippen LogP contribution in [0, 0.1) is 0 Å². The number of rotatable bonds is 4. The fourth-order valence-corrected chi connectivity index (χ4v) is 5.13. The fraction of sp³-hybridized carbons (Fsp3) is 0.300. The van der Waals surface area contributed by atoms with Gasteiger partial charge < -0.3 is 11.1 Å². The summed E-state index contributed by atoms with van der Waals surface area (Å²) < 4.78 is 30.5. The van der Waals surface area contributed by atoms with Crippen molar-refractivity contribution in [2.24, 2.45) is 5.73 Å². The van der Waals surface area contributed by atoms with Crippen molar-refractivity contribution in [3.63, 3.8) is 0 Å². The van der Waals surface area contributed by atoms with Crippen LogP contribution < -0.4 is 11.1 Å². The van der Waals surface area contributed by atoms with Gasteiger partial charge in [-0.1, -0.05) is 11.6 Å². The molecule has 0 saturated heterocycles. The van der Waals surface area contributed by atoms with Gasteiger partial charge in [0.2, 0.25) is 0 Å². The van der Waals surface area contributed by atoms with E-state index >= 15 is 0 Å². The van der Waals surface area contributed by atoms with Crippen molar-refractivity contribution in [2.75, 3.05) is 0 Å². The lowest BCUT2D eigenvalue weighted by Crippen LogP contribution is -2.59. The molecule has 0 aromatic carbocycles. The van der Waals surface area contributed by atoms with Crippen molar-refractivity contribution in [1.82, 2.24) is 30.1 Å². The zero-order valence-corrected chi connectivity index (χ0v) is 18.1. The predicted octanol–water partition coefficient (Wildman–Crippen LogP) is 3.75. The Balaban J connectivity index is 1.43. The van der Waals surface area contributed by atoms with Crippen LogP contribution in [0.3, 0.4) is 0 Å². The number of hydrogen-bond acceptors (Lipinski definition) is 6. The number of amides is 1. The van der Waals surface area contributed by atoms with Crippen LogP contribution in [-0.2, 0) is 0 Å². The van der Waals surface area contributed by atoms with E-state index in [9.17, 15) is 13.6 Å². The molecule has 4 aromatic heterocycles. The van der Waals surface area contributed by atoms with E-state index in [4.69, 9.17) is 17.3 Å². The summed E-state index contributed by atoms with van der Waals surface area (Å²) in [7, 11) is 0. The standard InChI is InChI=1S/C20H18ClF2N7OS/c21-17-12(4-15(32-17)19(31)29-16-14(24)2-1-3-20(16,22)23)13-8-28-30-9-11(5-25-18(13)30)10-6-26-27-7-10/h4-9,14,16H,1-3,24H2,(H,26,27)(H,29,31). The van der Waals surface area contributed by atoms with Crippen molar-refractivity contribution >= 4 is 34.5 Å². The van der Waals surface area contributed by atoms with Crippen LogP contribution in [-0.4, -0.2) is 48.7 Å². The third-order valence-electron chi connectivity index (χ3n) is 5.61. The van der Waals surface area contributed by atoms with E-state index in [0.29, 0.717) is 34.0 Å². The second-order valence-electron chi connectivity index (χ2n) is 7.72. The van der Waals surface area contributed by atoms with Crippen LogP contribution in [0.15, 0.2) is 37.1 Å². The average Bonchev–Trinajstić information content (AvgIpc) is 3.49. The maximum Gasteiger partial charge on any atom is 0.269 e. The van der Waals surface area contributed by atoms with E-state index < -0.39 is 23.9 Å². The smallest absolute Gasteiger partial charge is 0.269 e. The number of hydrogen-bond donors (Lipinski definition) is 3. The summed E-state index contributed by atoms with van der Waals surface area (Å²) in [6, 6.07) is -0.642. The molecule has 2 atom stereocenters. The molecule has 1 aliphatic carbocycles. The number of aromatic amines is 1. The fourth-order valence-electron chi connectivity index (χ4n) is 3.92. The summed E-state index contributed by atoms with van der Waals surface area (Å²) in [6.45, 7) is 0. The number of carbonyl (C=O) groups excluding carboxylic acids is 1. The largest absolute Gasteiger partial charge is 0.341 e. The van der Waals surface area contributed by atoms with Crippen LogP contribution in [0.5, 0.6) is 0 Å². The van der Waals surface area contributed by atoms with Gasteiger partial charge in [-0.05, 0) is 18.9 Å². The molecule has 0 spiro atoms. The Labute approximate surface area is 189 Å². The number of H-pyrrole nitrogens is 1. The number of fused-ring (bicyclic) bond motifs is 1. The molecule has 1 aliphatic rings. The van der Waals surface area contributed by atoms with E-state index in [1.807, 2.05) is 0 Å². The first-order chi connectivity index (χ1) is 15.3. The average molecular weight is 478 g/mol. The third-order valence-corrected chi connectivity index (χ3v) is 6.96. The van der Waals surface area contributed by atoms with Crippen LogP contribution in [0.1, 0.15) is 28.9 Å². The summed E-state index contributed by atoms with van der Waals surface area (Å²) >= 11 is 7.42. The molecule has 1 amide bonds. The third kappa shape index (κ3) is 3.65. The molecule has 4 aromatic rings. The number of nitrogens with two attached hydrogens (primary N) is 1. The quantitative estimate of drug-likeness (QED) is 0.414. The highest BCUT2D eigenvalue weighted by Gasteiger charge is 2.46. The Bertz CT molecular complexity index is 1290. The van der Waals surface area contributed by atoms with Gasteiger partial charge in [0.05, 0.1) is 17.3 Å². The zero-order chi connectivity index (χ0) is 22.5. The number of nitrogens with one attached hydrogen (secondary N) is 2. The molecule has 0 aliphatic heterocycles. The minimum absolute atomic E-state index is 0.216. The first kappa shape index (κ1) is 21.0. The first-order valence-electron chi connectivity index (χ1n) is 9.90. The zero-order valence-electron chi connectivity index (χ0n) is 16.6. The van der Waals surface area contributed by atoms with Crippen LogP contribution in [0.2, 0.25) is 4.34 Å². The van der Waals surface area contributed by atoms with Gasteiger partial charge in [-0.2, -0.15) is 10.2 Å². The maximum atomic E-state index is 14.3. The Kier molecular flexibility index (Phi) is 5.19. The number of alkyl halides is 2. The van der Waals surface area contributed by atoms with Gasteiger partial charge in [-0.3, -0.25) is 9.89 Å². The second-order valence-corrected chi connectivity index (χ2v) is 9.38. The van der Waals surface area contributed by atoms with Gasteiger partial charge >= 0.3 is 0 Å². The van der Waals surface area contributed by atoms with Gasteiger partial charge in [-0.15, -0.1) is 11.3 Å². The molecular formula is C20H18ClF2N7OS. The number of carbonyl (C=O) groups is 1. The summed E-state index contributed by atoms with van der Waals surface area (Å²) in [5, 5.41) is 13.4. The molecular weight excluding hydrogens is 460 g/mol. The highest BCUT2D eigenvalue weighted by Crippen LogP contribution is 2.38. The molecule has 2 unspecified atom stereocenters. The summed E-state index contributed by atoms with van der Waals surface area (Å²) in [5.74, 6) is -3.67. The lowest BCUT2D eigenvalue weighted by Gasteiger charge is -2.36. The minimum atomic E-state index is -3.05. The summed E-state index contributed by atoms with van der Waals surface area (Å²) in [5.41, 5.74) is 9.27. The first-order valence-corrected chi connectivity index (χ1v) is 11.1. The van der Waals surface area contributed by atoms with Crippen molar-refractivity contribution < 1.29 is 13.6 Å². The SMILES string of the molecule is NC1CCCC(F)(F)C1NC(=O)c1cc(-c2cnn3cc(-c4cn[nH]c4)cnc23)c(Cl)s1. The molecule has 5 rings (SSSR count). The Hall–Kier alpha value is -2.89. The van der Waals surface area contributed by atoms with Gasteiger partial charge in [0.25, 0.3) is 11.8 Å². The van der Waals surface area contributed by atoms with Crippen molar-refractivity contribution in [2.45, 2.75) is 37.3 Å². The van der Waals surface area contributed by atoms with E-state index in [1.165, 1.54) is 0 Å². The number of halogens is 3. The van der Waals surface area contributed by atoms with E-state index in [1.54, 1.807) is 41.6 Å². The lowest BCUT2D eigenvalue weighted by atomic mass is 9.87. The topological polar surface area (TPSA) is 114 Å². The van der Waals surface area contributed by atoms with Crippen LogP contribution in [0.25, 0.3) is 27.9 Å². The predicted molar refractivity (Wildman–Crippen MR) is 117 cm³/mol. The van der Waals surface area contributed by atoms with E-state index in [0.717, 1.165) is 22.5 Å². The molecule has 0 radical (unpaired) electrons. The van der Waals surface area contributed by atoms with Gasteiger partial charge in [-0.25, -0.2) is 18.3 Å². The minimum Gasteiger partial charge on any atom is -0.341 e. The van der Waals surface area contributed by atoms with Crippen molar-refractivity contribution in [1.29, 1.82) is 0 Å². The van der Waals surface area contributed by atoms with Gasteiger partial charge in [0.15, 0.2) is 5.65 Å². The van der Waals surface area contributed by atoms with E-state index in [-0.39, 0.29) is 11.3 Å².